The molecule has 0 heterocycles. The SMILES string of the molecule is Oc1c(O)c(O)c(-c2ccc3c(-c4ccc(-c5ccccc5)cc4)c4ccccc4c(-c4cccc5ccccc45)c3c2)c(O)c1O. The highest BCUT2D eigenvalue weighted by molar-refractivity contribution is 6.24. The second-order valence-corrected chi connectivity index (χ2v) is 11.6. The van der Waals surface area contributed by atoms with Crippen molar-refractivity contribution in [1.29, 1.82) is 0 Å². The summed E-state index contributed by atoms with van der Waals surface area (Å²) in [6, 6.07) is 46.9. The maximum Gasteiger partial charge on any atom is 0.208 e. The first-order valence-corrected chi connectivity index (χ1v) is 15.2. The van der Waals surface area contributed by atoms with Crippen molar-refractivity contribution in [2.75, 3.05) is 0 Å². The summed E-state index contributed by atoms with van der Waals surface area (Å²) in [4.78, 5) is 0. The number of phenolic OH excluding ortho intramolecular Hbond substituents is 5. The monoisotopic (exact) mass is 612 g/mol. The summed E-state index contributed by atoms with van der Waals surface area (Å²) in [6.45, 7) is 0. The van der Waals surface area contributed by atoms with E-state index in [0.717, 1.165) is 65.7 Å². The molecule has 0 fully saturated rings. The molecule has 0 aliphatic heterocycles. The minimum absolute atomic E-state index is 0.189. The average molecular weight is 613 g/mol. The summed E-state index contributed by atoms with van der Waals surface area (Å²) in [7, 11) is 0. The van der Waals surface area contributed by atoms with Gasteiger partial charge in [-0.15, -0.1) is 0 Å². The number of aromatic hydroxyl groups is 5. The van der Waals surface area contributed by atoms with Crippen molar-refractivity contribution in [1.82, 2.24) is 0 Å². The lowest BCUT2D eigenvalue weighted by Gasteiger charge is -2.20. The Labute approximate surface area is 270 Å². The molecule has 0 amide bonds. The van der Waals surface area contributed by atoms with Crippen molar-refractivity contribution >= 4 is 32.3 Å². The maximum atomic E-state index is 10.9. The molecule has 8 rings (SSSR count). The molecule has 0 aliphatic carbocycles. The predicted octanol–water partition coefficient (Wildman–Crippen LogP) is 10.3. The molecule has 8 aromatic rings. The molecular formula is C42H28O5. The van der Waals surface area contributed by atoms with E-state index in [2.05, 4.69) is 72.8 Å². The fraction of sp³-hybridized carbons (Fsp3) is 0. The molecule has 8 aromatic carbocycles. The van der Waals surface area contributed by atoms with E-state index >= 15 is 0 Å². The molecule has 0 saturated heterocycles. The van der Waals surface area contributed by atoms with Crippen molar-refractivity contribution in [3.05, 3.63) is 140 Å². The van der Waals surface area contributed by atoms with Crippen molar-refractivity contribution in [3.63, 3.8) is 0 Å². The second-order valence-electron chi connectivity index (χ2n) is 11.6. The van der Waals surface area contributed by atoms with Crippen LogP contribution in [0.3, 0.4) is 0 Å². The van der Waals surface area contributed by atoms with Gasteiger partial charge in [0.2, 0.25) is 17.2 Å². The van der Waals surface area contributed by atoms with Crippen LogP contribution in [0.15, 0.2) is 140 Å². The Morgan fingerprint density at radius 3 is 1.47 bits per heavy atom. The molecule has 0 spiro atoms. The second kappa shape index (κ2) is 10.9. The summed E-state index contributed by atoms with van der Waals surface area (Å²) < 4.78 is 0. The summed E-state index contributed by atoms with van der Waals surface area (Å²) in [5, 5.41) is 58.6. The van der Waals surface area contributed by atoms with Crippen LogP contribution in [0.2, 0.25) is 0 Å². The van der Waals surface area contributed by atoms with Crippen LogP contribution in [0.25, 0.3) is 76.8 Å². The lowest BCUT2D eigenvalue weighted by molar-refractivity contribution is 0.330. The van der Waals surface area contributed by atoms with E-state index in [1.54, 1.807) is 6.07 Å². The molecule has 5 N–H and O–H groups in total. The fourth-order valence-corrected chi connectivity index (χ4v) is 6.80. The van der Waals surface area contributed by atoms with E-state index in [-0.39, 0.29) is 5.56 Å². The Bertz CT molecular complexity index is 2470. The quantitative estimate of drug-likeness (QED) is 0.0773. The molecule has 226 valence electrons. The molecule has 0 bridgehead atoms. The van der Waals surface area contributed by atoms with E-state index in [1.165, 1.54) is 0 Å². The molecule has 5 heteroatoms. The Balaban J connectivity index is 1.49. The van der Waals surface area contributed by atoms with E-state index in [0.29, 0.717) is 5.56 Å². The van der Waals surface area contributed by atoms with Crippen LogP contribution in [0.1, 0.15) is 0 Å². The van der Waals surface area contributed by atoms with E-state index in [9.17, 15) is 25.5 Å². The standard InChI is InChI=1S/C42H28O5/c43-38-36(39(44)41(46)42(47)40(38)45)28-21-22-33-34(23-28)37(30-16-8-12-26-11-4-5-13-29(26)30)32-15-7-6-14-31(32)35(33)27-19-17-25(18-20-27)24-9-2-1-3-10-24/h1-23,43-47H. The van der Waals surface area contributed by atoms with Gasteiger partial charge in [-0.2, -0.15) is 0 Å². The van der Waals surface area contributed by atoms with E-state index < -0.39 is 28.7 Å². The number of rotatable bonds is 4. The van der Waals surface area contributed by atoms with Crippen LogP contribution >= 0.6 is 0 Å². The highest BCUT2D eigenvalue weighted by atomic mass is 16.4. The number of benzene rings is 8. The topological polar surface area (TPSA) is 101 Å². The van der Waals surface area contributed by atoms with Crippen molar-refractivity contribution in [3.8, 4) is 73.3 Å². The van der Waals surface area contributed by atoms with Crippen molar-refractivity contribution in [2.45, 2.75) is 0 Å². The molecule has 0 aliphatic rings. The van der Waals surface area contributed by atoms with Crippen LogP contribution in [-0.4, -0.2) is 25.5 Å². The van der Waals surface area contributed by atoms with Crippen LogP contribution in [0, 0.1) is 0 Å². The van der Waals surface area contributed by atoms with Crippen molar-refractivity contribution in [2.24, 2.45) is 0 Å². The molecule has 47 heavy (non-hydrogen) atoms. The molecule has 0 radical (unpaired) electrons. The molecule has 0 saturated carbocycles. The third kappa shape index (κ3) is 4.40. The summed E-state index contributed by atoms with van der Waals surface area (Å²) >= 11 is 0. The Kier molecular flexibility index (Phi) is 6.48. The highest BCUT2D eigenvalue weighted by Gasteiger charge is 2.26. The smallest absolute Gasteiger partial charge is 0.208 e. The highest BCUT2D eigenvalue weighted by Crippen LogP contribution is 2.55. The molecular weight excluding hydrogens is 584 g/mol. The molecule has 5 nitrogen and oxygen atoms in total. The largest absolute Gasteiger partial charge is 0.504 e. The first-order chi connectivity index (χ1) is 22.9. The van der Waals surface area contributed by atoms with Gasteiger partial charge in [-0.3, -0.25) is 0 Å². The Hall–Kier alpha value is -6.46. The third-order valence-electron chi connectivity index (χ3n) is 9.02. The van der Waals surface area contributed by atoms with Crippen LogP contribution < -0.4 is 0 Å². The lowest BCUT2D eigenvalue weighted by atomic mass is 9.83. The number of phenols is 5. The normalized spacial score (nSPS) is 11.4. The Morgan fingerprint density at radius 2 is 0.766 bits per heavy atom. The number of fused-ring (bicyclic) bond motifs is 3. The van der Waals surface area contributed by atoms with Crippen LogP contribution in [0.4, 0.5) is 0 Å². The number of hydrogen-bond acceptors (Lipinski definition) is 5. The van der Waals surface area contributed by atoms with Crippen LogP contribution in [-0.2, 0) is 0 Å². The van der Waals surface area contributed by atoms with Gasteiger partial charge in [0.15, 0.2) is 11.5 Å². The van der Waals surface area contributed by atoms with Gasteiger partial charge in [-0.25, -0.2) is 0 Å². The number of hydrogen-bond donors (Lipinski definition) is 5. The third-order valence-corrected chi connectivity index (χ3v) is 9.02. The summed E-state index contributed by atoms with van der Waals surface area (Å²) in [5.41, 5.74) is 6.41. The van der Waals surface area contributed by atoms with Gasteiger partial charge in [0.05, 0.1) is 5.56 Å². The molecule has 0 unspecified atom stereocenters. The van der Waals surface area contributed by atoms with Gasteiger partial charge in [0.25, 0.3) is 0 Å². The van der Waals surface area contributed by atoms with E-state index in [1.807, 2.05) is 60.7 Å². The van der Waals surface area contributed by atoms with Gasteiger partial charge in [-0.05, 0) is 77.3 Å². The zero-order chi connectivity index (χ0) is 32.2. The lowest BCUT2D eigenvalue weighted by Crippen LogP contribution is -1.93. The molecule has 0 atom stereocenters. The minimum atomic E-state index is -0.992. The first-order valence-electron chi connectivity index (χ1n) is 15.2. The van der Waals surface area contributed by atoms with Gasteiger partial charge in [-0.1, -0.05) is 133 Å². The fourth-order valence-electron chi connectivity index (χ4n) is 6.80. The summed E-state index contributed by atoms with van der Waals surface area (Å²) in [6.07, 6.45) is 0. The minimum Gasteiger partial charge on any atom is -0.504 e. The zero-order valence-corrected chi connectivity index (χ0v) is 25.0. The van der Waals surface area contributed by atoms with Gasteiger partial charge in [0.1, 0.15) is 0 Å². The van der Waals surface area contributed by atoms with Gasteiger partial charge < -0.3 is 25.5 Å². The zero-order valence-electron chi connectivity index (χ0n) is 25.0. The van der Waals surface area contributed by atoms with Gasteiger partial charge >= 0.3 is 0 Å². The molecule has 0 aromatic heterocycles. The Morgan fingerprint density at radius 1 is 0.277 bits per heavy atom. The average Bonchev–Trinajstić information content (AvgIpc) is 3.12. The van der Waals surface area contributed by atoms with Gasteiger partial charge in [0, 0.05) is 0 Å². The van der Waals surface area contributed by atoms with Crippen molar-refractivity contribution < 1.29 is 25.5 Å². The predicted molar refractivity (Wildman–Crippen MR) is 189 cm³/mol. The van der Waals surface area contributed by atoms with E-state index in [4.69, 9.17) is 0 Å². The summed E-state index contributed by atoms with van der Waals surface area (Å²) in [5.74, 6) is -4.29. The van der Waals surface area contributed by atoms with Crippen LogP contribution in [0.5, 0.6) is 28.7 Å². The maximum absolute atomic E-state index is 10.9. The first kappa shape index (κ1) is 28.0.